The van der Waals surface area contributed by atoms with E-state index in [1.807, 2.05) is 0 Å². The number of nitrogens with two attached hydrogens (primary N) is 1. The lowest BCUT2D eigenvalue weighted by molar-refractivity contribution is -0.119. The largest absolute Gasteiger partial charge is 0.348 e. The normalized spacial score (nSPS) is 9.73. The molecule has 3 N–H and O–H groups in total. The van der Waals surface area contributed by atoms with Crippen LogP contribution in [0.2, 0.25) is 0 Å². The minimum absolute atomic E-state index is 0.0162. The molecular formula is C10H11BrN2O2. The lowest BCUT2D eigenvalue weighted by Gasteiger charge is -2.02. The molecule has 0 radical (unpaired) electrons. The summed E-state index contributed by atoms with van der Waals surface area (Å²) in [6, 6.07) is 6.94. The highest BCUT2D eigenvalue weighted by Gasteiger charge is 2.06. The van der Waals surface area contributed by atoms with Crippen molar-refractivity contribution in [1.82, 2.24) is 5.32 Å². The Balaban J connectivity index is 2.54. The van der Waals surface area contributed by atoms with Gasteiger partial charge in [0.2, 0.25) is 5.91 Å². The predicted octanol–water partition coefficient (Wildman–Crippen LogP) is 0.707. The van der Waals surface area contributed by atoms with Crippen LogP contribution in [0.1, 0.15) is 10.4 Å². The molecule has 0 aliphatic heterocycles. The van der Waals surface area contributed by atoms with Crippen molar-refractivity contribution < 1.29 is 9.59 Å². The molecule has 80 valence electrons. The summed E-state index contributed by atoms with van der Waals surface area (Å²) in [5, 5.41) is 2.42. The van der Waals surface area contributed by atoms with Crippen molar-refractivity contribution in [2.75, 3.05) is 13.1 Å². The number of hydrogen-bond acceptors (Lipinski definition) is 3. The van der Waals surface area contributed by atoms with Crippen LogP contribution >= 0.6 is 15.9 Å². The standard InChI is InChI=1S/C10H11BrN2O2/c11-8-3-1-7(2-4-8)9(14)6-13-10(15)5-12/h1-4H,5-6,12H2,(H,13,15). The minimum atomic E-state index is -0.333. The molecule has 4 nitrogen and oxygen atoms in total. The molecule has 15 heavy (non-hydrogen) atoms. The number of amides is 1. The lowest BCUT2D eigenvalue weighted by Crippen LogP contribution is -2.34. The van der Waals surface area contributed by atoms with E-state index in [9.17, 15) is 9.59 Å². The van der Waals surface area contributed by atoms with E-state index in [0.717, 1.165) is 4.47 Å². The molecule has 1 aromatic rings. The van der Waals surface area contributed by atoms with Gasteiger partial charge in [0.05, 0.1) is 13.1 Å². The Kier molecular flexibility index (Phi) is 4.45. The van der Waals surface area contributed by atoms with Crippen molar-refractivity contribution in [2.24, 2.45) is 5.73 Å². The number of carbonyl (C=O) groups excluding carboxylic acids is 2. The van der Waals surface area contributed by atoms with Gasteiger partial charge in [-0.15, -0.1) is 0 Å². The van der Waals surface area contributed by atoms with Gasteiger partial charge in [0.25, 0.3) is 0 Å². The highest BCUT2D eigenvalue weighted by molar-refractivity contribution is 9.10. The van der Waals surface area contributed by atoms with E-state index in [4.69, 9.17) is 5.73 Å². The zero-order chi connectivity index (χ0) is 11.3. The highest BCUT2D eigenvalue weighted by Crippen LogP contribution is 2.10. The number of hydrogen-bond donors (Lipinski definition) is 2. The first kappa shape index (κ1) is 11.9. The quantitative estimate of drug-likeness (QED) is 0.792. The third-order valence-electron chi connectivity index (χ3n) is 1.80. The zero-order valence-corrected chi connectivity index (χ0v) is 9.58. The Labute approximate surface area is 96.0 Å². The van der Waals surface area contributed by atoms with Crippen LogP contribution < -0.4 is 11.1 Å². The zero-order valence-electron chi connectivity index (χ0n) is 8.00. The first-order chi connectivity index (χ1) is 7.13. The van der Waals surface area contributed by atoms with E-state index in [2.05, 4.69) is 21.2 Å². The average molecular weight is 271 g/mol. The molecule has 0 saturated carbocycles. The summed E-state index contributed by atoms with van der Waals surface area (Å²) >= 11 is 3.27. The van der Waals surface area contributed by atoms with Crippen LogP contribution in [0, 0.1) is 0 Å². The fourth-order valence-corrected chi connectivity index (χ4v) is 1.25. The van der Waals surface area contributed by atoms with Gasteiger partial charge < -0.3 is 11.1 Å². The fourth-order valence-electron chi connectivity index (χ4n) is 0.989. The van der Waals surface area contributed by atoms with Crippen molar-refractivity contribution in [3.05, 3.63) is 34.3 Å². The molecule has 0 unspecified atom stereocenters. The first-order valence-electron chi connectivity index (χ1n) is 4.39. The lowest BCUT2D eigenvalue weighted by atomic mass is 10.1. The number of benzene rings is 1. The summed E-state index contributed by atoms with van der Waals surface area (Å²) in [4.78, 5) is 22.3. The Hall–Kier alpha value is -1.20. The van der Waals surface area contributed by atoms with Crippen molar-refractivity contribution in [2.45, 2.75) is 0 Å². The van der Waals surface area contributed by atoms with Crippen molar-refractivity contribution in [3.63, 3.8) is 0 Å². The number of halogens is 1. The van der Waals surface area contributed by atoms with Crippen molar-refractivity contribution in [3.8, 4) is 0 Å². The van der Waals surface area contributed by atoms with Gasteiger partial charge in [-0.1, -0.05) is 28.1 Å². The highest BCUT2D eigenvalue weighted by atomic mass is 79.9. The maximum absolute atomic E-state index is 11.5. The van der Waals surface area contributed by atoms with E-state index >= 15 is 0 Å². The van der Waals surface area contributed by atoms with Crippen molar-refractivity contribution >= 4 is 27.6 Å². The average Bonchev–Trinajstić information content (AvgIpc) is 2.26. The van der Waals surface area contributed by atoms with Gasteiger partial charge in [-0.2, -0.15) is 0 Å². The molecule has 0 spiro atoms. The molecule has 0 heterocycles. The van der Waals surface area contributed by atoms with Gasteiger partial charge in [-0.25, -0.2) is 0 Å². The van der Waals surface area contributed by atoms with Gasteiger partial charge in [-0.05, 0) is 12.1 Å². The second-order valence-corrected chi connectivity index (χ2v) is 3.83. The number of rotatable bonds is 4. The summed E-state index contributed by atoms with van der Waals surface area (Å²) in [6.07, 6.45) is 0. The second kappa shape index (κ2) is 5.63. The van der Waals surface area contributed by atoms with Crippen molar-refractivity contribution in [1.29, 1.82) is 0 Å². The summed E-state index contributed by atoms with van der Waals surface area (Å²) < 4.78 is 0.907. The Bertz CT molecular complexity index is 362. The molecule has 5 heteroatoms. The van der Waals surface area contributed by atoms with Crippen LogP contribution in [0.3, 0.4) is 0 Å². The summed E-state index contributed by atoms with van der Waals surface area (Å²) in [5.41, 5.74) is 5.65. The van der Waals surface area contributed by atoms with Crippen LogP contribution in [-0.4, -0.2) is 24.8 Å². The minimum Gasteiger partial charge on any atom is -0.348 e. The van der Waals surface area contributed by atoms with Gasteiger partial charge in [-0.3, -0.25) is 9.59 Å². The molecule has 1 aromatic carbocycles. The topological polar surface area (TPSA) is 72.2 Å². The van der Waals surface area contributed by atoms with Crippen LogP contribution in [0.25, 0.3) is 0 Å². The summed E-state index contributed by atoms with van der Waals surface area (Å²) in [5.74, 6) is -0.468. The van der Waals surface area contributed by atoms with Crippen LogP contribution in [0.4, 0.5) is 0 Å². The number of nitrogens with one attached hydrogen (secondary N) is 1. The van der Waals surface area contributed by atoms with E-state index in [0.29, 0.717) is 5.56 Å². The molecular weight excluding hydrogens is 260 g/mol. The molecule has 0 aliphatic carbocycles. The summed E-state index contributed by atoms with van der Waals surface area (Å²) in [7, 11) is 0. The molecule has 0 aromatic heterocycles. The summed E-state index contributed by atoms with van der Waals surface area (Å²) in [6.45, 7) is -0.120. The van der Waals surface area contributed by atoms with Gasteiger partial charge in [0, 0.05) is 10.0 Å². The molecule has 0 atom stereocenters. The molecule has 0 bridgehead atoms. The van der Waals surface area contributed by atoms with Gasteiger partial charge in [0.15, 0.2) is 5.78 Å². The van der Waals surface area contributed by atoms with E-state index in [-0.39, 0.29) is 24.8 Å². The molecule has 1 amide bonds. The maximum atomic E-state index is 11.5. The maximum Gasteiger partial charge on any atom is 0.234 e. The van der Waals surface area contributed by atoms with Crippen LogP contribution in [0.5, 0.6) is 0 Å². The Morgan fingerprint density at radius 1 is 1.27 bits per heavy atom. The molecule has 0 aliphatic rings. The molecule has 0 fully saturated rings. The number of Topliss-reactive ketones (excluding diaryl/α,β-unsaturated/α-hetero) is 1. The van der Waals surface area contributed by atoms with E-state index < -0.39 is 0 Å². The second-order valence-electron chi connectivity index (χ2n) is 2.91. The monoisotopic (exact) mass is 270 g/mol. The van der Waals surface area contributed by atoms with Crippen LogP contribution in [-0.2, 0) is 4.79 Å². The van der Waals surface area contributed by atoms with Gasteiger partial charge in [0.1, 0.15) is 0 Å². The SMILES string of the molecule is NCC(=O)NCC(=O)c1ccc(Br)cc1. The third kappa shape index (κ3) is 3.81. The van der Waals surface area contributed by atoms with Crippen LogP contribution in [0.15, 0.2) is 28.7 Å². The number of ketones is 1. The smallest absolute Gasteiger partial charge is 0.234 e. The first-order valence-corrected chi connectivity index (χ1v) is 5.18. The third-order valence-corrected chi connectivity index (χ3v) is 2.33. The number of carbonyl (C=O) groups is 2. The molecule has 1 rings (SSSR count). The molecule has 0 saturated heterocycles. The van der Waals surface area contributed by atoms with E-state index in [1.165, 1.54) is 0 Å². The predicted molar refractivity (Wildman–Crippen MR) is 60.5 cm³/mol. The van der Waals surface area contributed by atoms with Gasteiger partial charge >= 0.3 is 0 Å². The Morgan fingerprint density at radius 2 is 1.87 bits per heavy atom. The van der Waals surface area contributed by atoms with E-state index in [1.54, 1.807) is 24.3 Å². The fraction of sp³-hybridized carbons (Fsp3) is 0.200. The Morgan fingerprint density at radius 3 is 2.40 bits per heavy atom.